The van der Waals surface area contributed by atoms with Gasteiger partial charge < -0.3 is 20.5 Å². The fourth-order valence-corrected chi connectivity index (χ4v) is 2.08. The summed E-state index contributed by atoms with van der Waals surface area (Å²) in [5.41, 5.74) is 5.49. The lowest BCUT2D eigenvalue weighted by molar-refractivity contribution is -0.126. The van der Waals surface area contributed by atoms with E-state index in [-0.39, 0.29) is 30.4 Å². The van der Waals surface area contributed by atoms with Gasteiger partial charge in [0.2, 0.25) is 5.91 Å². The number of amides is 1. The van der Waals surface area contributed by atoms with E-state index in [0.29, 0.717) is 12.2 Å². The summed E-state index contributed by atoms with van der Waals surface area (Å²) in [6.45, 7) is 4.41. The molecule has 6 nitrogen and oxygen atoms in total. The molecule has 1 amide bonds. The second-order valence-electron chi connectivity index (χ2n) is 5.35. The largest absolute Gasteiger partial charge is 0.489 e. The van der Waals surface area contributed by atoms with Gasteiger partial charge in [-0.2, -0.15) is 0 Å². The monoisotopic (exact) mass is 278 g/mol. The van der Waals surface area contributed by atoms with Crippen molar-refractivity contribution in [3.8, 4) is 5.75 Å². The predicted molar refractivity (Wildman–Crippen MR) is 74.1 cm³/mol. The molecule has 0 bridgehead atoms. The van der Waals surface area contributed by atoms with Crippen molar-refractivity contribution in [3.05, 3.63) is 23.8 Å². The fraction of sp³-hybridized carbons (Fsp3) is 0.429. The number of aromatic carboxylic acids is 1. The van der Waals surface area contributed by atoms with E-state index in [2.05, 4.69) is 0 Å². The maximum absolute atomic E-state index is 12.5. The molecule has 0 spiro atoms. The van der Waals surface area contributed by atoms with Gasteiger partial charge in [-0.05, 0) is 26.0 Å². The van der Waals surface area contributed by atoms with Crippen molar-refractivity contribution in [1.82, 2.24) is 0 Å². The lowest BCUT2D eigenvalue weighted by Gasteiger charge is -2.35. The standard InChI is InChI=1S/C14H18N2O4/c1-14(2,8-15)13(19)16-6-7-20-11-9(12(17)18)4-3-5-10(11)16/h3-5H,6-8,15H2,1-2H3,(H,17,18). The van der Waals surface area contributed by atoms with Crippen LogP contribution in [0.2, 0.25) is 0 Å². The van der Waals surface area contributed by atoms with Crippen LogP contribution in [0.15, 0.2) is 18.2 Å². The SMILES string of the molecule is CC(C)(CN)C(=O)N1CCOc2c(C(=O)O)cccc21. The van der Waals surface area contributed by atoms with E-state index >= 15 is 0 Å². The van der Waals surface area contributed by atoms with Crippen LogP contribution in [0, 0.1) is 5.41 Å². The third-order valence-corrected chi connectivity index (χ3v) is 3.41. The molecule has 20 heavy (non-hydrogen) atoms. The maximum Gasteiger partial charge on any atom is 0.339 e. The van der Waals surface area contributed by atoms with Crippen molar-refractivity contribution in [2.75, 3.05) is 24.6 Å². The molecule has 3 N–H and O–H groups in total. The Balaban J connectivity index is 2.46. The van der Waals surface area contributed by atoms with Crippen LogP contribution in [0.3, 0.4) is 0 Å². The third-order valence-electron chi connectivity index (χ3n) is 3.41. The second kappa shape index (κ2) is 5.13. The van der Waals surface area contributed by atoms with Crippen molar-refractivity contribution >= 4 is 17.6 Å². The number of hydrogen-bond donors (Lipinski definition) is 2. The van der Waals surface area contributed by atoms with Crippen LogP contribution in [-0.2, 0) is 4.79 Å². The Morgan fingerprint density at radius 2 is 2.15 bits per heavy atom. The highest BCUT2D eigenvalue weighted by Gasteiger charge is 2.35. The Kier molecular flexibility index (Phi) is 3.67. The van der Waals surface area contributed by atoms with Gasteiger partial charge in [-0.3, -0.25) is 4.79 Å². The van der Waals surface area contributed by atoms with Gasteiger partial charge in [-0.25, -0.2) is 4.79 Å². The van der Waals surface area contributed by atoms with E-state index in [1.54, 1.807) is 30.9 Å². The van der Waals surface area contributed by atoms with Crippen molar-refractivity contribution < 1.29 is 19.4 Å². The number of carboxylic acid groups (broad SMARTS) is 1. The smallest absolute Gasteiger partial charge is 0.339 e. The summed E-state index contributed by atoms with van der Waals surface area (Å²) in [6.07, 6.45) is 0. The first kappa shape index (κ1) is 14.3. The summed E-state index contributed by atoms with van der Waals surface area (Å²) >= 11 is 0. The summed E-state index contributed by atoms with van der Waals surface area (Å²) in [5, 5.41) is 9.17. The number of carbonyl (C=O) groups is 2. The highest BCUT2D eigenvalue weighted by molar-refractivity contribution is 6.02. The van der Waals surface area contributed by atoms with Gasteiger partial charge in [0.1, 0.15) is 12.2 Å². The molecule has 0 atom stereocenters. The Hall–Kier alpha value is -2.08. The highest BCUT2D eigenvalue weighted by Crippen LogP contribution is 2.36. The minimum atomic E-state index is -1.07. The second-order valence-corrected chi connectivity index (χ2v) is 5.35. The normalized spacial score (nSPS) is 14.4. The van der Waals surface area contributed by atoms with Crippen LogP contribution in [0.5, 0.6) is 5.75 Å². The van der Waals surface area contributed by atoms with Gasteiger partial charge in [-0.1, -0.05) is 6.07 Å². The number of rotatable bonds is 3. The van der Waals surface area contributed by atoms with Gasteiger partial charge in [0.25, 0.3) is 0 Å². The molecular formula is C14H18N2O4. The molecule has 1 aliphatic rings. The molecule has 1 aliphatic heterocycles. The fourth-order valence-electron chi connectivity index (χ4n) is 2.08. The third kappa shape index (κ3) is 2.34. The van der Waals surface area contributed by atoms with E-state index < -0.39 is 11.4 Å². The Labute approximate surface area is 117 Å². The van der Waals surface area contributed by atoms with Crippen LogP contribution < -0.4 is 15.4 Å². The summed E-state index contributed by atoms with van der Waals surface area (Å²) < 4.78 is 5.44. The molecule has 0 aromatic heterocycles. The first-order valence-electron chi connectivity index (χ1n) is 6.39. The number of ether oxygens (including phenoxy) is 1. The zero-order valence-corrected chi connectivity index (χ0v) is 11.5. The van der Waals surface area contributed by atoms with Crippen LogP contribution in [-0.4, -0.2) is 36.7 Å². The van der Waals surface area contributed by atoms with Gasteiger partial charge >= 0.3 is 5.97 Å². The average molecular weight is 278 g/mol. The summed E-state index contributed by atoms with van der Waals surface area (Å²) in [6, 6.07) is 4.75. The molecule has 1 heterocycles. The predicted octanol–water partition coefficient (Wildman–Crippen LogP) is 1.10. The minimum absolute atomic E-state index is 0.0607. The van der Waals surface area contributed by atoms with Crippen LogP contribution in [0.4, 0.5) is 5.69 Å². The van der Waals surface area contributed by atoms with Crippen LogP contribution in [0.25, 0.3) is 0 Å². The van der Waals surface area contributed by atoms with E-state index in [1.165, 1.54) is 6.07 Å². The molecule has 0 fully saturated rings. The molecule has 108 valence electrons. The Morgan fingerprint density at radius 1 is 1.45 bits per heavy atom. The number of nitrogens with two attached hydrogens (primary N) is 1. The first-order valence-corrected chi connectivity index (χ1v) is 6.39. The quantitative estimate of drug-likeness (QED) is 0.863. The Bertz CT molecular complexity index is 554. The van der Waals surface area contributed by atoms with E-state index in [0.717, 1.165) is 0 Å². The van der Waals surface area contributed by atoms with Gasteiger partial charge in [0, 0.05) is 6.54 Å². The summed E-state index contributed by atoms with van der Waals surface area (Å²) in [4.78, 5) is 25.3. The van der Waals surface area contributed by atoms with E-state index in [4.69, 9.17) is 15.6 Å². The lowest BCUT2D eigenvalue weighted by atomic mass is 9.91. The maximum atomic E-state index is 12.5. The minimum Gasteiger partial charge on any atom is -0.489 e. The molecule has 6 heteroatoms. The number of nitrogens with zero attached hydrogens (tertiary/aromatic N) is 1. The molecule has 2 rings (SSSR count). The number of hydrogen-bond acceptors (Lipinski definition) is 4. The molecule has 0 saturated carbocycles. The molecule has 0 unspecified atom stereocenters. The number of carbonyl (C=O) groups excluding carboxylic acids is 1. The van der Waals surface area contributed by atoms with Gasteiger partial charge in [0.15, 0.2) is 5.75 Å². The number of para-hydroxylation sites is 1. The van der Waals surface area contributed by atoms with Crippen LogP contribution in [0.1, 0.15) is 24.2 Å². The molecular weight excluding hydrogens is 260 g/mol. The number of fused-ring (bicyclic) bond motifs is 1. The van der Waals surface area contributed by atoms with E-state index in [1.807, 2.05) is 0 Å². The Morgan fingerprint density at radius 3 is 2.75 bits per heavy atom. The van der Waals surface area contributed by atoms with Crippen molar-refractivity contribution in [2.24, 2.45) is 11.1 Å². The average Bonchev–Trinajstić information content (AvgIpc) is 2.45. The summed E-state index contributed by atoms with van der Waals surface area (Å²) in [5.74, 6) is -0.964. The topological polar surface area (TPSA) is 92.9 Å². The molecule has 0 saturated heterocycles. The molecule has 1 aromatic carbocycles. The molecule has 0 radical (unpaired) electrons. The number of benzene rings is 1. The zero-order chi connectivity index (χ0) is 14.9. The van der Waals surface area contributed by atoms with E-state index in [9.17, 15) is 9.59 Å². The summed E-state index contributed by atoms with van der Waals surface area (Å²) in [7, 11) is 0. The van der Waals surface area contributed by atoms with Crippen molar-refractivity contribution in [1.29, 1.82) is 0 Å². The van der Waals surface area contributed by atoms with Gasteiger partial charge in [-0.15, -0.1) is 0 Å². The zero-order valence-electron chi connectivity index (χ0n) is 11.5. The molecule has 0 aliphatic carbocycles. The number of anilines is 1. The van der Waals surface area contributed by atoms with Crippen molar-refractivity contribution in [2.45, 2.75) is 13.8 Å². The first-order chi connectivity index (χ1) is 9.38. The van der Waals surface area contributed by atoms with Crippen molar-refractivity contribution in [3.63, 3.8) is 0 Å². The molecule has 1 aromatic rings. The highest BCUT2D eigenvalue weighted by atomic mass is 16.5. The number of carboxylic acids is 1. The van der Waals surface area contributed by atoms with Gasteiger partial charge in [0.05, 0.1) is 17.6 Å². The van der Waals surface area contributed by atoms with Crippen LogP contribution >= 0.6 is 0 Å². The lowest BCUT2D eigenvalue weighted by Crippen LogP contribution is -2.48.